The first-order valence-corrected chi connectivity index (χ1v) is 9.27. The van der Waals surface area contributed by atoms with Gasteiger partial charge < -0.3 is 11.1 Å². The topological polar surface area (TPSA) is 68.0 Å². The van der Waals surface area contributed by atoms with Crippen LogP contribution in [0.4, 0.5) is 0 Å². The number of aromatic nitrogens is 1. The van der Waals surface area contributed by atoms with Crippen LogP contribution < -0.4 is 11.1 Å². The number of fused-ring (bicyclic) bond motifs is 2. The van der Waals surface area contributed by atoms with E-state index in [2.05, 4.69) is 10.3 Å². The average Bonchev–Trinajstić information content (AvgIpc) is 2.63. The summed E-state index contributed by atoms with van der Waals surface area (Å²) < 4.78 is 0. The molecule has 1 aromatic heterocycles. The molecule has 25 heavy (non-hydrogen) atoms. The number of carbonyl (C=O) groups is 1. The van der Waals surface area contributed by atoms with Crippen molar-refractivity contribution < 1.29 is 4.79 Å². The summed E-state index contributed by atoms with van der Waals surface area (Å²) in [5.41, 5.74) is 8.87. The molecule has 2 saturated carbocycles. The van der Waals surface area contributed by atoms with Crippen LogP contribution in [0.25, 0.3) is 11.1 Å². The van der Waals surface area contributed by atoms with Crippen LogP contribution in [-0.4, -0.2) is 23.0 Å². The molecule has 0 saturated heterocycles. The molecule has 3 N–H and O–H groups in total. The molecule has 2 aliphatic carbocycles. The zero-order valence-electron chi connectivity index (χ0n) is 14.4. The van der Waals surface area contributed by atoms with Gasteiger partial charge in [-0.1, -0.05) is 36.8 Å². The Morgan fingerprint density at radius 2 is 1.76 bits per heavy atom. The summed E-state index contributed by atoms with van der Waals surface area (Å²) in [5.74, 6) is 1.04. The summed E-state index contributed by atoms with van der Waals surface area (Å²) in [5, 5.41) is 3.30. The SMILES string of the molecule is NC1CC2CCCC(C1)C2NC(=O)c1cncc(-c2ccccc2)c1. The standard InChI is InChI=1S/C21H25N3O/c22-19-10-15-7-4-8-16(11-19)20(15)24-21(25)18-9-17(12-23-13-18)14-5-2-1-3-6-14/h1-3,5-6,9,12-13,15-16,19-20H,4,7-8,10-11,22H2,(H,24,25). The van der Waals surface area contributed by atoms with Crippen molar-refractivity contribution in [3.05, 3.63) is 54.4 Å². The van der Waals surface area contributed by atoms with Gasteiger partial charge in [0.2, 0.25) is 0 Å². The lowest BCUT2D eigenvalue weighted by molar-refractivity contribution is 0.0755. The molecule has 2 aliphatic rings. The highest BCUT2D eigenvalue weighted by Gasteiger charge is 2.39. The van der Waals surface area contributed by atoms with E-state index in [1.807, 2.05) is 36.4 Å². The summed E-state index contributed by atoms with van der Waals surface area (Å²) in [6, 6.07) is 12.5. The minimum Gasteiger partial charge on any atom is -0.349 e. The Kier molecular flexibility index (Phi) is 4.53. The molecule has 4 nitrogen and oxygen atoms in total. The molecule has 1 amide bonds. The lowest BCUT2D eigenvalue weighted by Gasteiger charge is -2.45. The lowest BCUT2D eigenvalue weighted by Crippen LogP contribution is -2.53. The van der Waals surface area contributed by atoms with Crippen LogP contribution in [-0.2, 0) is 0 Å². The minimum atomic E-state index is -0.0114. The van der Waals surface area contributed by atoms with Crippen LogP contribution in [0, 0.1) is 11.8 Å². The first kappa shape index (κ1) is 16.3. The van der Waals surface area contributed by atoms with Crippen molar-refractivity contribution in [3.63, 3.8) is 0 Å². The van der Waals surface area contributed by atoms with Gasteiger partial charge in [-0.2, -0.15) is 0 Å². The van der Waals surface area contributed by atoms with Crippen LogP contribution >= 0.6 is 0 Å². The van der Waals surface area contributed by atoms with Crippen molar-refractivity contribution in [2.45, 2.75) is 44.2 Å². The maximum absolute atomic E-state index is 12.8. The molecule has 0 spiro atoms. The number of nitrogens with one attached hydrogen (secondary N) is 1. The van der Waals surface area contributed by atoms with Gasteiger partial charge in [0.05, 0.1) is 5.56 Å². The van der Waals surface area contributed by atoms with Crippen molar-refractivity contribution in [1.82, 2.24) is 10.3 Å². The molecule has 2 unspecified atom stereocenters. The molecule has 0 radical (unpaired) electrons. The number of nitrogens with zero attached hydrogens (tertiary/aromatic N) is 1. The molecule has 4 heteroatoms. The number of carbonyl (C=O) groups excluding carboxylic acids is 1. The van der Waals surface area contributed by atoms with E-state index in [0.717, 1.165) is 24.0 Å². The van der Waals surface area contributed by atoms with Gasteiger partial charge in [0.15, 0.2) is 0 Å². The highest BCUT2D eigenvalue weighted by atomic mass is 16.1. The quantitative estimate of drug-likeness (QED) is 0.903. The van der Waals surface area contributed by atoms with E-state index in [4.69, 9.17) is 5.73 Å². The van der Waals surface area contributed by atoms with Gasteiger partial charge in [0.25, 0.3) is 5.91 Å². The fourth-order valence-electron chi connectivity index (χ4n) is 4.61. The van der Waals surface area contributed by atoms with E-state index in [1.165, 1.54) is 19.3 Å². The summed E-state index contributed by atoms with van der Waals surface area (Å²) >= 11 is 0. The van der Waals surface area contributed by atoms with Gasteiger partial charge in [-0.25, -0.2) is 0 Å². The number of hydrogen-bond donors (Lipinski definition) is 2. The monoisotopic (exact) mass is 335 g/mol. The van der Waals surface area contributed by atoms with E-state index in [9.17, 15) is 4.79 Å². The Bertz CT molecular complexity index is 732. The van der Waals surface area contributed by atoms with Crippen LogP contribution in [0.1, 0.15) is 42.5 Å². The van der Waals surface area contributed by atoms with Gasteiger partial charge in [0.1, 0.15) is 0 Å². The van der Waals surface area contributed by atoms with E-state index in [-0.39, 0.29) is 11.9 Å². The Morgan fingerprint density at radius 1 is 1.04 bits per heavy atom. The molecule has 1 heterocycles. The molecule has 4 rings (SSSR count). The van der Waals surface area contributed by atoms with Crippen molar-refractivity contribution in [3.8, 4) is 11.1 Å². The molecular weight excluding hydrogens is 310 g/mol. The van der Waals surface area contributed by atoms with E-state index < -0.39 is 0 Å². The Morgan fingerprint density at radius 3 is 2.48 bits per heavy atom. The number of pyridine rings is 1. The number of hydrogen-bond acceptors (Lipinski definition) is 3. The highest BCUT2D eigenvalue weighted by molar-refractivity contribution is 5.95. The number of amides is 1. The predicted octanol–water partition coefficient (Wildman–Crippen LogP) is 3.38. The molecule has 1 aromatic carbocycles. The molecular formula is C21H25N3O. The summed E-state index contributed by atoms with van der Waals surface area (Å²) in [6.45, 7) is 0. The van der Waals surface area contributed by atoms with Crippen molar-refractivity contribution in [2.24, 2.45) is 17.6 Å². The van der Waals surface area contributed by atoms with Gasteiger partial charge in [-0.3, -0.25) is 9.78 Å². The Labute approximate surface area is 148 Å². The molecule has 2 atom stereocenters. The van der Waals surface area contributed by atoms with Gasteiger partial charge in [0, 0.05) is 30.0 Å². The first-order chi connectivity index (χ1) is 12.2. The summed E-state index contributed by atoms with van der Waals surface area (Å²) in [7, 11) is 0. The normalized spacial score (nSPS) is 28.4. The number of benzene rings is 1. The van der Waals surface area contributed by atoms with Gasteiger partial charge in [-0.15, -0.1) is 0 Å². The van der Waals surface area contributed by atoms with Crippen LogP contribution in [0.5, 0.6) is 0 Å². The van der Waals surface area contributed by atoms with Crippen molar-refractivity contribution >= 4 is 5.91 Å². The maximum Gasteiger partial charge on any atom is 0.253 e. The molecule has 130 valence electrons. The van der Waals surface area contributed by atoms with Crippen LogP contribution in [0.15, 0.2) is 48.8 Å². The van der Waals surface area contributed by atoms with Gasteiger partial charge in [-0.05, 0) is 49.1 Å². The van der Waals surface area contributed by atoms with Crippen LogP contribution in [0.2, 0.25) is 0 Å². The lowest BCUT2D eigenvalue weighted by atomic mass is 9.67. The largest absolute Gasteiger partial charge is 0.349 e. The summed E-state index contributed by atoms with van der Waals surface area (Å²) in [6.07, 6.45) is 9.15. The number of rotatable bonds is 3. The summed E-state index contributed by atoms with van der Waals surface area (Å²) in [4.78, 5) is 17.1. The zero-order valence-corrected chi connectivity index (χ0v) is 14.4. The second-order valence-electron chi connectivity index (χ2n) is 7.51. The van der Waals surface area contributed by atoms with Crippen LogP contribution in [0.3, 0.4) is 0 Å². The number of nitrogens with two attached hydrogens (primary N) is 1. The van der Waals surface area contributed by atoms with Crippen molar-refractivity contribution in [1.29, 1.82) is 0 Å². The third-order valence-electron chi connectivity index (χ3n) is 5.78. The average molecular weight is 335 g/mol. The fourth-order valence-corrected chi connectivity index (χ4v) is 4.61. The highest BCUT2D eigenvalue weighted by Crippen LogP contribution is 2.39. The van der Waals surface area contributed by atoms with E-state index in [0.29, 0.717) is 23.4 Å². The second kappa shape index (κ2) is 6.96. The third kappa shape index (κ3) is 3.45. The molecule has 0 aliphatic heterocycles. The minimum absolute atomic E-state index is 0.0114. The smallest absolute Gasteiger partial charge is 0.253 e. The first-order valence-electron chi connectivity index (χ1n) is 9.27. The fraction of sp³-hybridized carbons (Fsp3) is 0.429. The Balaban J connectivity index is 1.52. The second-order valence-corrected chi connectivity index (χ2v) is 7.51. The van der Waals surface area contributed by atoms with Crippen molar-refractivity contribution in [2.75, 3.05) is 0 Å². The molecule has 2 aromatic rings. The van der Waals surface area contributed by atoms with E-state index >= 15 is 0 Å². The zero-order chi connectivity index (χ0) is 17.2. The molecule has 2 fully saturated rings. The Hall–Kier alpha value is -2.20. The molecule has 2 bridgehead atoms. The third-order valence-corrected chi connectivity index (χ3v) is 5.78. The van der Waals surface area contributed by atoms with Gasteiger partial charge >= 0.3 is 0 Å². The van der Waals surface area contributed by atoms with E-state index in [1.54, 1.807) is 12.4 Å². The maximum atomic E-state index is 12.8. The predicted molar refractivity (Wildman–Crippen MR) is 99.0 cm³/mol.